The Labute approximate surface area is 76.7 Å². The highest BCUT2D eigenvalue weighted by atomic mass is 35.5. The van der Waals surface area contributed by atoms with Gasteiger partial charge in [0.25, 0.3) is 0 Å². The quantitative estimate of drug-likeness (QED) is 0.723. The van der Waals surface area contributed by atoms with E-state index < -0.39 is 0 Å². The summed E-state index contributed by atoms with van der Waals surface area (Å²) >= 11 is 5.91. The first-order valence-corrected chi connectivity index (χ1v) is 4.80. The van der Waals surface area contributed by atoms with Crippen LogP contribution in [0, 0.1) is 0 Å². The first-order valence-electron chi connectivity index (χ1n) is 4.42. The molecule has 0 amide bonds. The smallest absolute Gasteiger partial charge is 0.225 e. The SMILES string of the molecule is CCCc1nnc(Cl)n1C1CC1. The Morgan fingerprint density at radius 3 is 2.83 bits per heavy atom. The van der Waals surface area contributed by atoms with Crippen molar-refractivity contribution in [2.24, 2.45) is 0 Å². The van der Waals surface area contributed by atoms with E-state index in [9.17, 15) is 0 Å². The maximum absolute atomic E-state index is 5.91. The third-order valence-corrected chi connectivity index (χ3v) is 2.37. The van der Waals surface area contributed by atoms with E-state index in [0.29, 0.717) is 11.3 Å². The zero-order valence-corrected chi connectivity index (χ0v) is 7.88. The summed E-state index contributed by atoms with van der Waals surface area (Å²) in [5.74, 6) is 1.05. The van der Waals surface area contributed by atoms with E-state index >= 15 is 0 Å². The third kappa shape index (κ3) is 1.33. The molecular formula is C8H12ClN3. The molecule has 0 N–H and O–H groups in total. The van der Waals surface area contributed by atoms with Crippen molar-refractivity contribution in [2.75, 3.05) is 0 Å². The third-order valence-electron chi connectivity index (χ3n) is 2.11. The van der Waals surface area contributed by atoms with Crippen LogP contribution >= 0.6 is 11.6 Å². The molecule has 12 heavy (non-hydrogen) atoms. The Balaban J connectivity index is 2.27. The van der Waals surface area contributed by atoms with Crippen molar-refractivity contribution in [1.82, 2.24) is 14.8 Å². The molecule has 0 aromatic carbocycles. The van der Waals surface area contributed by atoms with Gasteiger partial charge in [0.2, 0.25) is 5.28 Å². The van der Waals surface area contributed by atoms with Crippen LogP contribution in [0.3, 0.4) is 0 Å². The molecule has 0 saturated heterocycles. The van der Waals surface area contributed by atoms with Gasteiger partial charge in [-0.15, -0.1) is 10.2 Å². The zero-order valence-electron chi connectivity index (χ0n) is 7.13. The summed E-state index contributed by atoms with van der Waals surface area (Å²) in [7, 11) is 0. The van der Waals surface area contributed by atoms with Gasteiger partial charge in [0, 0.05) is 12.5 Å². The van der Waals surface area contributed by atoms with Crippen molar-refractivity contribution in [3.05, 3.63) is 11.1 Å². The molecule has 1 aromatic rings. The molecule has 1 saturated carbocycles. The molecule has 0 radical (unpaired) electrons. The maximum Gasteiger partial charge on any atom is 0.225 e. The van der Waals surface area contributed by atoms with Crippen LogP contribution < -0.4 is 0 Å². The molecule has 3 nitrogen and oxygen atoms in total. The Hall–Kier alpha value is -0.570. The fourth-order valence-corrected chi connectivity index (χ4v) is 1.66. The van der Waals surface area contributed by atoms with E-state index in [-0.39, 0.29) is 0 Å². The number of aryl methyl sites for hydroxylation is 1. The average Bonchev–Trinajstić information content (AvgIpc) is 2.80. The highest BCUT2D eigenvalue weighted by Crippen LogP contribution is 2.37. The highest BCUT2D eigenvalue weighted by molar-refractivity contribution is 6.28. The molecule has 4 heteroatoms. The number of nitrogens with zero attached hydrogens (tertiary/aromatic N) is 3. The average molecular weight is 186 g/mol. The summed E-state index contributed by atoms with van der Waals surface area (Å²) in [4.78, 5) is 0. The molecule has 2 rings (SSSR count). The number of halogens is 1. The Bertz CT molecular complexity index is 278. The molecular weight excluding hydrogens is 174 g/mol. The minimum Gasteiger partial charge on any atom is -0.299 e. The number of rotatable bonds is 3. The molecule has 0 bridgehead atoms. The van der Waals surface area contributed by atoms with Gasteiger partial charge in [0.15, 0.2) is 0 Å². The summed E-state index contributed by atoms with van der Waals surface area (Å²) in [5, 5.41) is 8.48. The Morgan fingerprint density at radius 1 is 1.50 bits per heavy atom. The first-order chi connectivity index (χ1) is 5.83. The molecule has 1 heterocycles. The number of hydrogen-bond acceptors (Lipinski definition) is 2. The monoisotopic (exact) mass is 185 g/mol. The Kier molecular flexibility index (Phi) is 2.05. The van der Waals surface area contributed by atoms with Crippen molar-refractivity contribution in [3.8, 4) is 0 Å². The molecule has 0 aliphatic heterocycles. The lowest BCUT2D eigenvalue weighted by atomic mass is 10.3. The predicted molar refractivity (Wildman–Crippen MR) is 47.3 cm³/mol. The van der Waals surface area contributed by atoms with Crippen molar-refractivity contribution in [1.29, 1.82) is 0 Å². The largest absolute Gasteiger partial charge is 0.299 e. The van der Waals surface area contributed by atoms with E-state index in [4.69, 9.17) is 11.6 Å². The van der Waals surface area contributed by atoms with Crippen LogP contribution in [-0.2, 0) is 6.42 Å². The first kappa shape index (κ1) is 8.05. The van der Waals surface area contributed by atoms with Gasteiger partial charge < -0.3 is 0 Å². The second-order valence-electron chi connectivity index (χ2n) is 3.24. The summed E-state index contributed by atoms with van der Waals surface area (Å²) in [6.45, 7) is 2.14. The van der Waals surface area contributed by atoms with Crippen molar-refractivity contribution >= 4 is 11.6 Å². The van der Waals surface area contributed by atoms with E-state index in [0.717, 1.165) is 18.7 Å². The second kappa shape index (κ2) is 3.05. The minimum absolute atomic E-state index is 0.556. The fraction of sp³-hybridized carbons (Fsp3) is 0.750. The van der Waals surface area contributed by atoms with E-state index in [1.165, 1.54) is 12.8 Å². The minimum atomic E-state index is 0.556. The lowest BCUT2D eigenvalue weighted by Crippen LogP contribution is -2.01. The number of hydrogen-bond donors (Lipinski definition) is 0. The van der Waals surface area contributed by atoms with Gasteiger partial charge >= 0.3 is 0 Å². The van der Waals surface area contributed by atoms with Gasteiger partial charge in [-0.05, 0) is 30.9 Å². The molecule has 1 aromatic heterocycles. The van der Waals surface area contributed by atoms with Gasteiger partial charge in [-0.1, -0.05) is 6.92 Å². The van der Waals surface area contributed by atoms with Crippen LogP contribution in [0.5, 0.6) is 0 Å². The van der Waals surface area contributed by atoms with Crippen LogP contribution in [-0.4, -0.2) is 14.8 Å². The van der Waals surface area contributed by atoms with Crippen molar-refractivity contribution < 1.29 is 0 Å². The molecule has 0 atom stereocenters. The van der Waals surface area contributed by atoms with Crippen molar-refractivity contribution in [2.45, 2.75) is 38.6 Å². The lowest BCUT2D eigenvalue weighted by Gasteiger charge is -2.03. The highest BCUT2D eigenvalue weighted by Gasteiger charge is 2.28. The van der Waals surface area contributed by atoms with Gasteiger partial charge in [-0.2, -0.15) is 0 Å². The normalized spacial score (nSPS) is 16.8. The van der Waals surface area contributed by atoms with E-state index in [2.05, 4.69) is 21.7 Å². The molecule has 0 spiro atoms. The topological polar surface area (TPSA) is 30.7 Å². The van der Waals surface area contributed by atoms with Gasteiger partial charge in [-0.3, -0.25) is 4.57 Å². The van der Waals surface area contributed by atoms with Crippen LogP contribution in [0.25, 0.3) is 0 Å². The fourth-order valence-electron chi connectivity index (χ4n) is 1.39. The molecule has 1 aliphatic rings. The molecule has 1 fully saturated rings. The molecule has 1 aliphatic carbocycles. The van der Waals surface area contributed by atoms with Gasteiger partial charge in [-0.25, -0.2) is 0 Å². The summed E-state index contributed by atoms with van der Waals surface area (Å²) in [6, 6.07) is 0.592. The van der Waals surface area contributed by atoms with Gasteiger partial charge in [0.05, 0.1) is 0 Å². The van der Waals surface area contributed by atoms with Crippen molar-refractivity contribution in [3.63, 3.8) is 0 Å². The second-order valence-corrected chi connectivity index (χ2v) is 3.57. The van der Waals surface area contributed by atoms with Crippen LogP contribution in [0.1, 0.15) is 38.1 Å². The number of aromatic nitrogens is 3. The Morgan fingerprint density at radius 2 is 2.25 bits per heavy atom. The van der Waals surface area contributed by atoms with E-state index in [1.807, 2.05) is 0 Å². The van der Waals surface area contributed by atoms with E-state index in [1.54, 1.807) is 0 Å². The van der Waals surface area contributed by atoms with Crippen LogP contribution in [0.15, 0.2) is 0 Å². The lowest BCUT2D eigenvalue weighted by molar-refractivity contribution is 0.669. The van der Waals surface area contributed by atoms with Crippen LogP contribution in [0.4, 0.5) is 0 Å². The zero-order chi connectivity index (χ0) is 8.55. The van der Waals surface area contributed by atoms with Gasteiger partial charge in [0.1, 0.15) is 5.82 Å². The molecule has 0 unspecified atom stereocenters. The predicted octanol–water partition coefficient (Wildman–Crippen LogP) is 2.22. The summed E-state index contributed by atoms with van der Waals surface area (Å²) in [5.41, 5.74) is 0. The summed E-state index contributed by atoms with van der Waals surface area (Å²) < 4.78 is 2.07. The standard InChI is InChI=1S/C8H12ClN3/c1-2-3-7-10-11-8(9)12(7)6-4-5-6/h6H,2-5H2,1H3. The summed E-state index contributed by atoms with van der Waals surface area (Å²) in [6.07, 6.45) is 4.54. The van der Waals surface area contributed by atoms with Crippen LogP contribution in [0.2, 0.25) is 5.28 Å². The molecule has 66 valence electrons. The maximum atomic E-state index is 5.91.